The molecule has 0 spiro atoms. The van der Waals surface area contributed by atoms with E-state index in [0.29, 0.717) is 16.6 Å². The minimum Gasteiger partial charge on any atom is -0.364 e. The highest BCUT2D eigenvalue weighted by Crippen LogP contribution is 2.26. The number of hydrazone groups is 1. The molecule has 0 aliphatic heterocycles. The van der Waals surface area contributed by atoms with Gasteiger partial charge in [0.1, 0.15) is 11.2 Å². The summed E-state index contributed by atoms with van der Waals surface area (Å²) in [7, 11) is 0. The molecule has 1 amide bonds. The first kappa shape index (κ1) is 19.5. The van der Waals surface area contributed by atoms with Crippen molar-refractivity contribution in [2.45, 2.75) is 13.0 Å². The maximum atomic E-state index is 12.5. The van der Waals surface area contributed by atoms with E-state index in [-0.39, 0.29) is 17.4 Å². The van der Waals surface area contributed by atoms with Gasteiger partial charge in [0.2, 0.25) is 0 Å². The highest BCUT2D eigenvalue weighted by atomic mass is 16.6. The van der Waals surface area contributed by atoms with Crippen LogP contribution in [0.3, 0.4) is 0 Å². The monoisotopic (exact) mass is 395 g/mol. The van der Waals surface area contributed by atoms with Gasteiger partial charge in [-0.25, -0.2) is 0 Å². The second-order valence-electron chi connectivity index (χ2n) is 6.17. The number of carbonyl (C=O) groups excluding carboxylic acids is 1. The van der Waals surface area contributed by atoms with Crippen LogP contribution in [0.1, 0.15) is 29.0 Å². The maximum Gasteiger partial charge on any atom is 0.293 e. The number of hydrogen-bond donors (Lipinski definition) is 4. The number of fused-ring (bicyclic) bond motifs is 1. The van der Waals surface area contributed by atoms with Crippen molar-refractivity contribution in [3.05, 3.63) is 74.8 Å². The Labute approximate surface area is 164 Å². The summed E-state index contributed by atoms with van der Waals surface area (Å²) >= 11 is 0. The van der Waals surface area contributed by atoms with Gasteiger partial charge >= 0.3 is 0 Å². The summed E-state index contributed by atoms with van der Waals surface area (Å²) < 4.78 is 0. The predicted molar refractivity (Wildman–Crippen MR) is 108 cm³/mol. The Morgan fingerprint density at radius 2 is 1.97 bits per heavy atom. The van der Waals surface area contributed by atoms with Crippen LogP contribution in [0.2, 0.25) is 0 Å². The molecule has 3 rings (SSSR count). The quantitative estimate of drug-likeness (QED) is 0.164. The van der Waals surface area contributed by atoms with E-state index in [0.717, 1.165) is 5.56 Å². The Bertz CT molecular complexity index is 1110. The number of H-pyrrole nitrogens is 1. The molecule has 0 saturated carbocycles. The summed E-state index contributed by atoms with van der Waals surface area (Å²) in [5, 5.41) is 20.5. The SMILES string of the molecule is CC(N/N=C(/N)N=O)c1ccc(NC(=O)c2cc3cccc([N+](=O)[O-])c3[nH]2)cc1. The molecule has 11 nitrogen and oxygen atoms in total. The number of para-hydroxylation sites is 1. The maximum absolute atomic E-state index is 12.5. The zero-order valence-corrected chi connectivity index (χ0v) is 15.2. The van der Waals surface area contributed by atoms with Crippen LogP contribution in [0.25, 0.3) is 10.9 Å². The van der Waals surface area contributed by atoms with Gasteiger partial charge in [0, 0.05) is 22.3 Å². The molecule has 0 radical (unpaired) electrons. The highest BCUT2D eigenvalue weighted by Gasteiger charge is 2.17. The third kappa shape index (κ3) is 4.35. The van der Waals surface area contributed by atoms with Crippen molar-refractivity contribution >= 4 is 34.1 Å². The van der Waals surface area contributed by atoms with Gasteiger partial charge in [-0.05, 0) is 30.7 Å². The van der Waals surface area contributed by atoms with Gasteiger partial charge in [-0.3, -0.25) is 20.3 Å². The number of nitroso groups, excluding NO2 is 1. The zero-order chi connectivity index (χ0) is 21.0. The fourth-order valence-corrected chi connectivity index (χ4v) is 2.73. The summed E-state index contributed by atoms with van der Waals surface area (Å²) in [6.07, 6.45) is 0. The first-order valence-corrected chi connectivity index (χ1v) is 8.48. The number of anilines is 1. The lowest BCUT2D eigenvalue weighted by atomic mass is 10.1. The summed E-state index contributed by atoms with van der Waals surface area (Å²) in [5.74, 6) is -0.830. The van der Waals surface area contributed by atoms with Gasteiger partial charge in [-0.15, -0.1) is 10.0 Å². The van der Waals surface area contributed by atoms with Gasteiger partial charge in [0.05, 0.1) is 11.0 Å². The molecule has 0 aliphatic rings. The van der Waals surface area contributed by atoms with Gasteiger partial charge in [-0.2, -0.15) is 0 Å². The zero-order valence-electron chi connectivity index (χ0n) is 15.2. The highest BCUT2D eigenvalue weighted by molar-refractivity contribution is 6.06. The van der Waals surface area contributed by atoms with Crippen molar-refractivity contribution in [3.8, 4) is 0 Å². The number of nitro groups is 1. The standard InChI is InChI=1S/C18H17N7O4/c1-10(22-23-18(19)24-27)11-5-7-13(8-6-11)20-17(26)14-9-12-3-2-4-15(25(28)29)16(12)21-14/h2-10,21-22H,1H3,(H2,19,23)(H,20,26). The summed E-state index contributed by atoms with van der Waals surface area (Å²) in [5.41, 5.74) is 9.68. The van der Waals surface area contributed by atoms with E-state index in [1.165, 1.54) is 6.07 Å². The summed E-state index contributed by atoms with van der Waals surface area (Å²) in [6, 6.07) is 12.9. The molecule has 1 atom stereocenters. The number of non-ortho nitro benzene ring substituents is 1. The molecule has 29 heavy (non-hydrogen) atoms. The van der Waals surface area contributed by atoms with Crippen LogP contribution < -0.4 is 16.5 Å². The van der Waals surface area contributed by atoms with Crippen LogP contribution in [-0.2, 0) is 0 Å². The van der Waals surface area contributed by atoms with E-state index in [1.54, 1.807) is 42.5 Å². The lowest BCUT2D eigenvalue weighted by Gasteiger charge is -2.12. The van der Waals surface area contributed by atoms with Crippen molar-refractivity contribution in [3.63, 3.8) is 0 Å². The number of nitrogens with two attached hydrogens (primary N) is 1. The molecular weight excluding hydrogens is 378 g/mol. The number of aromatic nitrogens is 1. The molecular formula is C18H17N7O4. The number of hydrogen-bond acceptors (Lipinski definition) is 6. The molecule has 1 unspecified atom stereocenters. The topological polar surface area (TPSA) is 168 Å². The van der Waals surface area contributed by atoms with Gasteiger partial charge < -0.3 is 16.0 Å². The lowest BCUT2D eigenvalue weighted by molar-refractivity contribution is -0.383. The number of aromatic amines is 1. The Morgan fingerprint density at radius 3 is 2.62 bits per heavy atom. The van der Waals surface area contributed by atoms with Crippen LogP contribution >= 0.6 is 0 Å². The molecule has 1 aromatic heterocycles. The molecule has 0 bridgehead atoms. The number of carbonyl (C=O) groups is 1. The number of benzene rings is 2. The molecule has 11 heteroatoms. The molecule has 2 aromatic carbocycles. The van der Waals surface area contributed by atoms with Crippen molar-refractivity contribution in [2.75, 3.05) is 5.32 Å². The van der Waals surface area contributed by atoms with E-state index >= 15 is 0 Å². The molecule has 1 heterocycles. The van der Waals surface area contributed by atoms with Crippen molar-refractivity contribution < 1.29 is 9.72 Å². The smallest absolute Gasteiger partial charge is 0.293 e. The van der Waals surface area contributed by atoms with Gasteiger partial charge in [0.25, 0.3) is 17.6 Å². The van der Waals surface area contributed by atoms with Crippen LogP contribution in [0.5, 0.6) is 0 Å². The van der Waals surface area contributed by atoms with E-state index in [2.05, 4.69) is 26.0 Å². The van der Waals surface area contributed by atoms with Crippen LogP contribution in [0, 0.1) is 15.0 Å². The number of nitro benzene ring substituents is 1. The van der Waals surface area contributed by atoms with Crippen LogP contribution in [0.4, 0.5) is 11.4 Å². The second-order valence-corrected chi connectivity index (χ2v) is 6.17. The summed E-state index contributed by atoms with van der Waals surface area (Å²) in [4.78, 5) is 36.1. The molecule has 0 saturated heterocycles. The second kappa shape index (κ2) is 8.17. The van der Waals surface area contributed by atoms with Crippen molar-refractivity contribution in [1.29, 1.82) is 0 Å². The Balaban J connectivity index is 1.72. The van der Waals surface area contributed by atoms with Crippen molar-refractivity contribution in [2.24, 2.45) is 16.0 Å². The molecule has 5 N–H and O–H groups in total. The van der Waals surface area contributed by atoms with Crippen LogP contribution in [-0.4, -0.2) is 21.8 Å². The average molecular weight is 395 g/mol. The van der Waals surface area contributed by atoms with Gasteiger partial charge in [-0.1, -0.05) is 24.3 Å². The fraction of sp³-hybridized carbons (Fsp3) is 0.111. The predicted octanol–water partition coefficient (Wildman–Crippen LogP) is 2.98. The molecule has 3 aromatic rings. The van der Waals surface area contributed by atoms with Gasteiger partial charge in [0.15, 0.2) is 0 Å². The normalized spacial score (nSPS) is 12.4. The van der Waals surface area contributed by atoms with E-state index < -0.39 is 16.8 Å². The Hall–Kier alpha value is -4.28. The minimum absolute atomic E-state index is 0.0968. The molecule has 0 aliphatic carbocycles. The van der Waals surface area contributed by atoms with E-state index in [9.17, 15) is 19.8 Å². The number of guanidine groups is 1. The summed E-state index contributed by atoms with van der Waals surface area (Å²) in [6.45, 7) is 1.81. The van der Waals surface area contributed by atoms with E-state index in [4.69, 9.17) is 5.73 Å². The number of rotatable bonds is 6. The number of nitrogens with one attached hydrogen (secondary N) is 3. The Kier molecular flexibility index (Phi) is 5.49. The van der Waals surface area contributed by atoms with E-state index in [1.807, 2.05) is 6.92 Å². The number of nitrogens with zero attached hydrogens (tertiary/aromatic N) is 3. The third-order valence-corrected chi connectivity index (χ3v) is 4.21. The number of amides is 1. The fourth-order valence-electron chi connectivity index (χ4n) is 2.73. The third-order valence-electron chi connectivity index (χ3n) is 4.21. The molecule has 148 valence electrons. The Morgan fingerprint density at radius 1 is 1.24 bits per heavy atom. The largest absolute Gasteiger partial charge is 0.364 e. The first-order valence-electron chi connectivity index (χ1n) is 8.48. The molecule has 0 fully saturated rings. The minimum atomic E-state index is -0.503. The first-order chi connectivity index (χ1) is 13.9. The average Bonchev–Trinajstić information content (AvgIpc) is 3.16. The lowest BCUT2D eigenvalue weighted by Crippen LogP contribution is -2.18. The van der Waals surface area contributed by atoms with Crippen molar-refractivity contribution in [1.82, 2.24) is 10.4 Å². The van der Waals surface area contributed by atoms with Crippen LogP contribution in [0.15, 0.2) is 58.8 Å².